The lowest BCUT2D eigenvalue weighted by Crippen LogP contribution is -2.26. The van der Waals surface area contributed by atoms with Gasteiger partial charge >= 0.3 is 0 Å². The zero-order valence-corrected chi connectivity index (χ0v) is 11.7. The molecular formula is C10H13Cl4NO. The van der Waals surface area contributed by atoms with Gasteiger partial charge in [-0.1, -0.05) is 41.7 Å². The summed E-state index contributed by atoms with van der Waals surface area (Å²) in [6.45, 7) is 1.83. The Hall–Kier alpha value is 0.300. The van der Waals surface area contributed by atoms with Crippen LogP contribution in [0.1, 0.15) is 24.9 Å². The van der Waals surface area contributed by atoms with Crippen molar-refractivity contribution in [3.63, 3.8) is 0 Å². The summed E-state index contributed by atoms with van der Waals surface area (Å²) in [6, 6.07) is 2.60. The van der Waals surface area contributed by atoms with Crippen LogP contribution in [0.15, 0.2) is 12.1 Å². The van der Waals surface area contributed by atoms with Crippen molar-refractivity contribution in [1.29, 1.82) is 0 Å². The lowest BCUT2D eigenvalue weighted by atomic mass is 10.0. The van der Waals surface area contributed by atoms with Crippen LogP contribution < -0.4 is 5.73 Å². The molecule has 0 unspecified atom stereocenters. The largest absolute Gasteiger partial charge is 0.391 e. The smallest absolute Gasteiger partial charge is 0.0731 e. The van der Waals surface area contributed by atoms with Crippen LogP contribution in [0.4, 0.5) is 0 Å². The number of benzene rings is 1. The Labute approximate surface area is 116 Å². The maximum absolute atomic E-state index is 9.63. The summed E-state index contributed by atoms with van der Waals surface area (Å²) in [4.78, 5) is 0. The summed E-state index contributed by atoms with van der Waals surface area (Å²) in [7, 11) is 0. The average molecular weight is 305 g/mol. The minimum absolute atomic E-state index is 0. The highest BCUT2D eigenvalue weighted by Crippen LogP contribution is 2.36. The zero-order chi connectivity index (χ0) is 11.6. The second kappa shape index (κ2) is 6.90. The molecule has 2 nitrogen and oxygen atoms in total. The van der Waals surface area contributed by atoms with Gasteiger partial charge in [-0.2, -0.15) is 0 Å². The van der Waals surface area contributed by atoms with E-state index < -0.39 is 12.1 Å². The number of hydrogen-bond donors (Lipinski definition) is 2. The van der Waals surface area contributed by atoms with Crippen LogP contribution in [0.3, 0.4) is 0 Å². The van der Waals surface area contributed by atoms with Crippen LogP contribution >= 0.6 is 47.2 Å². The summed E-state index contributed by atoms with van der Waals surface area (Å²) in [5, 5.41) is 10.7. The molecule has 0 aliphatic heterocycles. The summed E-state index contributed by atoms with van der Waals surface area (Å²) in [6.07, 6.45) is -0.154. The summed E-state index contributed by atoms with van der Waals surface area (Å²) >= 11 is 17.8. The Bertz CT molecular complexity index is 359. The number of aliphatic hydroxyl groups excluding tert-OH is 1. The lowest BCUT2D eigenvalue weighted by Gasteiger charge is -2.20. The molecule has 2 atom stereocenters. The molecule has 1 aromatic carbocycles. The maximum atomic E-state index is 9.63. The predicted molar refractivity (Wildman–Crippen MR) is 71.9 cm³/mol. The van der Waals surface area contributed by atoms with Crippen molar-refractivity contribution in [2.24, 2.45) is 5.73 Å². The molecule has 0 bridgehead atoms. The minimum atomic E-state index is -0.682. The summed E-state index contributed by atoms with van der Waals surface area (Å²) in [5.41, 5.74) is 6.34. The minimum Gasteiger partial charge on any atom is -0.391 e. The zero-order valence-electron chi connectivity index (χ0n) is 8.58. The molecule has 3 N–H and O–H groups in total. The van der Waals surface area contributed by atoms with Gasteiger partial charge in [0, 0.05) is 10.6 Å². The normalized spacial score (nSPS) is 14.1. The van der Waals surface area contributed by atoms with Crippen LogP contribution in [0.25, 0.3) is 0 Å². The van der Waals surface area contributed by atoms with Gasteiger partial charge in [-0.3, -0.25) is 0 Å². The van der Waals surface area contributed by atoms with Gasteiger partial charge in [0.05, 0.1) is 22.2 Å². The first-order valence-corrected chi connectivity index (χ1v) is 5.69. The van der Waals surface area contributed by atoms with Gasteiger partial charge in [0.2, 0.25) is 0 Å². The number of halogens is 4. The monoisotopic (exact) mass is 303 g/mol. The quantitative estimate of drug-likeness (QED) is 0.834. The van der Waals surface area contributed by atoms with E-state index in [0.29, 0.717) is 27.1 Å². The molecule has 0 saturated heterocycles. The molecule has 92 valence electrons. The fourth-order valence-electron chi connectivity index (χ4n) is 1.29. The molecule has 0 saturated carbocycles. The van der Waals surface area contributed by atoms with E-state index in [-0.39, 0.29) is 12.4 Å². The van der Waals surface area contributed by atoms with Crippen LogP contribution in [-0.4, -0.2) is 11.2 Å². The third-order valence-corrected chi connectivity index (χ3v) is 3.39. The van der Waals surface area contributed by atoms with Gasteiger partial charge in [0.15, 0.2) is 0 Å². The second-order valence-electron chi connectivity index (χ2n) is 3.26. The Kier molecular flexibility index (Phi) is 7.03. The van der Waals surface area contributed by atoms with Crippen LogP contribution in [0.2, 0.25) is 15.1 Å². The molecule has 6 heteroatoms. The molecular weight excluding hydrogens is 292 g/mol. The van der Waals surface area contributed by atoms with Gasteiger partial charge in [-0.25, -0.2) is 0 Å². The van der Waals surface area contributed by atoms with Crippen LogP contribution in [-0.2, 0) is 0 Å². The van der Waals surface area contributed by atoms with Crippen molar-refractivity contribution < 1.29 is 5.11 Å². The fourth-order valence-corrected chi connectivity index (χ4v) is 2.08. The SMILES string of the molecule is CC[C@@H](O)[C@@H](N)c1c(Cl)ccc(Cl)c1Cl.Cl. The lowest BCUT2D eigenvalue weighted by molar-refractivity contribution is 0.141. The standard InChI is InChI=1S/C10H12Cl3NO.ClH/c1-2-7(15)10(14)8-5(11)3-4-6(12)9(8)13;/h3-4,7,10,15H,2,14H2,1H3;1H/t7-,10-;/m1./s1. The highest BCUT2D eigenvalue weighted by Gasteiger charge is 2.21. The Morgan fingerprint density at radius 1 is 1.25 bits per heavy atom. The summed E-state index contributed by atoms with van der Waals surface area (Å²) in [5.74, 6) is 0. The van der Waals surface area contributed by atoms with E-state index in [9.17, 15) is 5.11 Å². The van der Waals surface area contributed by atoms with E-state index in [2.05, 4.69) is 0 Å². The topological polar surface area (TPSA) is 46.2 Å². The Morgan fingerprint density at radius 2 is 1.75 bits per heavy atom. The second-order valence-corrected chi connectivity index (χ2v) is 4.45. The number of hydrogen-bond acceptors (Lipinski definition) is 2. The molecule has 1 rings (SSSR count). The third kappa shape index (κ3) is 3.39. The van der Waals surface area contributed by atoms with Crippen molar-refractivity contribution in [2.45, 2.75) is 25.5 Å². The van der Waals surface area contributed by atoms with E-state index in [1.165, 1.54) is 0 Å². The van der Waals surface area contributed by atoms with E-state index in [1.54, 1.807) is 12.1 Å². The van der Waals surface area contributed by atoms with Crippen molar-refractivity contribution in [1.82, 2.24) is 0 Å². The molecule has 0 heterocycles. The van der Waals surface area contributed by atoms with E-state index in [1.807, 2.05) is 6.92 Å². The molecule has 0 spiro atoms. The molecule has 0 aliphatic carbocycles. The van der Waals surface area contributed by atoms with Crippen molar-refractivity contribution in [3.8, 4) is 0 Å². The maximum Gasteiger partial charge on any atom is 0.0731 e. The first-order chi connectivity index (χ1) is 6.99. The summed E-state index contributed by atoms with van der Waals surface area (Å²) < 4.78 is 0. The highest BCUT2D eigenvalue weighted by molar-refractivity contribution is 6.44. The molecule has 0 aromatic heterocycles. The van der Waals surface area contributed by atoms with Crippen molar-refractivity contribution in [3.05, 3.63) is 32.8 Å². The first-order valence-electron chi connectivity index (χ1n) is 4.56. The van der Waals surface area contributed by atoms with E-state index >= 15 is 0 Å². The van der Waals surface area contributed by atoms with Gasteiger partial charge in [-0.15, -0.1) is 12.4 Å². The van der Waals surface area contributed by atoms with Crippen LogP contribution in [0, 0.1) is 0 Å². The number of rotatable bonds is 3. The van der Waals surface area contributed by atoms with Crippen molar-refractivity contribution >= 4 is 47.2 Å². The number of nitrogens with two attached hydrogens (primary N) is 1. The molecule has 0 amide bonds. The Morgan fingerprint density at radius 3 is 2.25 bits per heavy atom. The molecule has 0 radical (unpaired) electrons. The fraction of sp³-hybridized carbons (Fsp3) is 0.400. The number of aliphatic hydroxyl groups is 1. The van der Waals surface area contributed by atoms with Crippen LogP contribution in [0.5, 0.6) is 0 Å². The van der Waals surface area contributed by atoms with Gasteiger partial charge in [0.1, 0.15) is 0 Å². The predicted octanol–water partition coefficient (Wildman–Crippen LogP) is 3.84. The Balaban J connectivity index is 0.00000225. The van der Waals surface area contributed by atoms with Gasteiger partial charge < -0.3 is 10.8 Å². The third-order valence-electron chi connectivity index (χ3n) is 2.25. The molecule has 16 heavy (non-hydrogen) atoms. The highest BCUT2D eigenvalue weighted by atomic mass is 35.5. The molecule has 0 aliphatic rings. The van der Waals surface area contributed by atoms with Gasteiger partial charge in [0.25, 0.3) is 0 Å². The van der Waals surface area contributed by atoms with Crippen molar-refractivity contribution in [2.75, 3.05) is 0 Å². The first kappa shape index (κ1) is 16.3. The van der Waals surface area contributed by atoms with E-state index in [0.717, 1.165) is 0 Å². The average Bonchev–Trinajstić information content (AvgIpc) is 2.22. The molecule has 0 fully saturated rings. The van der Waals surface area contributed by atoms with E-state index in [4.69, 9.17) is 40.5 Å². The molecule has 1 aromatic rings. The van der Waals surface area contributed by atoms with Gasteiger partial charge in [-0.05, 0) is 18.6 Å².